The van der Waals surface area contributed by atoms with Crippen LogP contribution in [0.25, 0.3) is 0 Å². The molecule has 3 rings (SSSR count). The van der Waals surface area contributed by atoms with Crippen molar-refractivity contribution in [2.24, 2.45) is 5.92 Å². The number of hydrogen-bond acceptors (Lipinski definition) is 3. The molecule has 4 heteroatoms. The fraction of sp³-hybridized carbons (Fsp3) is 0.538. The highest BCUT2D eigenvalue weighted by molar-refractivity contribution is 5.97. The Kier molecular flexibility index (Phi) is 2.81. The zero-order chi connectivity index (χ0) is 11.7. The molecule has 0 aromatic carbocycles. The molecule has 1 aromatic heterocycles. The van der Waals surface area contributed by atoms with Gasteiger partial charge >= 0.3 is 0 Å². The number of nitrogens with one attached hydrogen (secondary N) is 1. The second-order valence-electron chi connectivity index (χ2n) is 4.88. The van der Waals surface area contributed by atoms with Crippen molar-refractivity contribution in [2.75, 3.05) is 19.6 Å². The molecule has 1 saturated heterocycles. The third-order valence-electron chi connectivity index (χ3n) is 3.69. The van der Waals surface area contributed by atoms with Crippen LogP contribution >= 0.6 is 0 Å². The minimum Gasteiger partial charge on any atom is -0.332 e. The number of carbonyl (C=O) groups is 1. The Morgan fingerprint density at radius 2 is 2.24 bits per heavy atom. The van der Waals surface area contributed by atoms with Gasteiger partial charge in [0.2, 0.25) is 0 Å². The van der Waals surface area contributed by atoms with Crippen LogP contribution in [0.2, 0.25) is 0 Å². The van der Waals surface area contributed by atoms with Crippen LogP contribution in [0.3, 0.4) is 0 Å². The van der Waals surface area contributed by atoms with Crippen molar-refractivity contribution in [1.29, 1.82) is 0 Å². The Morgan fingerprint density at radius 1 is 1.41 bits per heavy atom. The summed E-state index contributed by atoms with van der Waals surface area (Å²) in [5, 5.41) is 3.35. The number of pyridine rings is 1. The second-order valence-corrected chi connectivity index (χ2v) is 4.88. The van der Waals surface area contributed by atoms with E-state index in [1.807, 2.05) is 17.0 Å². The first-order valence-electron chi connectivity index (χ1n) is 6.28. The predicted molar refractivity (Wildman–Crippen MR) is 64.6 cm³/mol. The van der Waals surface area contributed by atoms with Crippen molar-refractivity contribution in [2.45, 2.75) is 19.4 Å². The lowest BCUT2D eigenvalue weighted by atomic mass is 9.98. The van der Waals surface area contributed by atoms with Gasteiger partial charge in [-0.1, -0.05) is 0 Å². The molecule has 1 aromatic rings. The molecule has 1 N–H and O–H groups in total. The molecular formula is C13H17N3O. The van der Waals surface area contributed by atoms with Crippen LogP contribution in [-0.4, -0.2) is 35.4 Å². The Bertz CT molecular complexity index is 426. The first kappa shape index (κ1) is 10.7. The summed E-state index contributed by atoms with van der Waals surface area (Å²) in [7, 11) is 0. The lowest BCUT2D eigenvalue weighted by molar-refractivity contribution is 0.0740. The molecule has 0 radical (unpaired) electrons. The highest BCUT2D eigenvalue weighted by Crippen LogP contribution is 2.23. The van der Waals surface area contributed by atoms with Gasteiger partial charge in [0.1, 0.15) is 0 Å². The van der Waals surface area contributed by atoms with Crippen molar-refractivity contribution in [1.82, 2.24) is 15.2 Å². The number of hydrogen-bond donors (Lipinski definition) is 1. The molecule has 3 heterocycles. The lowest BCUT2D eigenvalue weighted by Gasteiger charge is -2.27. The number of fused-ring (bicyclic) bond motifs is 1. The molecule has 0 atom stereocenters. The molecule has 90 valence electrons. The first-order chi connectivity index (χ1) is 8.34. The van der Waals surface area contributed by atoms with E-state index in [2.05, 4.69) is 10.3 Å². The molecule has 17 heavy (non-hydrogen) atoms. The Morgan fingerprint density at radius 3 is 3.00 bits per heavy atom. The van der Waals surface area contributed by atoms with Crippen molar-refractivity contribution in [3.63, 3.8) is 0 Å². The second kappa shape index (κ2) is 4.45. The van der Waals surface area contributed by atoms with Crippen LogP contribution in [0.5, 0.6) is 0 Å². The minimum atomic E-state index is 0.159. The van der Waals surface area contributed by atoms with Gasteiger partial charge in [-0.2, -0.15) is 0 Å². The van der Waals surface area contributed by atoms with Gasteiger partial charge in [-0.25, -0.2) is 0 Å². The van der Waals surface area contributed by atoms with Gasteiger partial charge in [0.15, 0.2) is 0 Å². The summed E-state index contributed by atoms with van der Waals surface area (Å²) in [6.07, 6.45) is 4.11. The third kappa shape index (κ3) is 2.05. The summed E-state index contributed by atoms with van der Waals surface area (Å²) in [6.45, 7) is 3.74. The molecule has 0 unspecified atom stereocenters. The summed E-state index contributed by atoms with van der Waals surface area (Å²) in [5.41, 5.74) is 1.73. The van der Waals surface area contributed by atoms with Gasteiger partial charge in [0.25, 0.3) is 5.91 Å². The predicted octanol–water partition coefficient (Wildman–Crippen LogP) is 1.04. The minimum absolute atomic E-state index is 0.159. The average Bonchev–Trinajstić information content (AvgIpc) is 2.68. The molecule has 1 amide bonds. The first-order valence-corrected chi connectivity index (χ1v) is 6.28. The van der Waals surface area contributed by atoms with Crippen LogP contribution in [-0.2, 0) is 6.54 Å². The molecule has 1 fully saturated rings. The Labute approximate surface area is 101 Å². The van der Waals surface area contributed by atoms with Gasteiger partial charge < -0.3 is 10.2 Å². The maximum absolute atomic E-state index is 12.1. The maximum Gasteiger partial charge on any atom is 0.256 e. The van der Waals surface area contributed by atoms with E-state index in [-0.39, 0.29) is 5.91 Å². The SMILES string of the molecule is O=C1c2cccnc2CN1CC1CCNCC1. The van der Waals surface area contributed by atoms with Crippen molar-refractivity contribution < 1.29 is 4.79 Å². The highest BCUT2D eigenvalue weighted by Gasteiger charge is 2.29. The van der Waals surface area contributed by atoms with E-state index in [0.717, 1.165) is 30.9 Å². The number of carbonyl (C=O) groups excluding carboxylic acids is 1. The zero-order valence-corrected chi connectivity index (χ0v) is 9.85. The van der Waals surface area contributed by atoms with Gasteiger partial charge in [-0.15, -0.1) is 0 Å². The van der Waals surface area contributed by atoms with E-state index in [9.17, 15) is 4.79 Å². The number of aromatic nitrogens is 1. The molecule has 0 bridgehead atoms. The van der Waals surface area contributed by atoms with E-state index >= 15 is 0 Å². The summed E-state index contributed by atoms with van der Waals surface area (Å²) in [6, 6.07) is 3.72. The monoisotopic (exact) mass is 231 g/mol. The van der Waals surface area contributed by atoms with E-state index in [4.69, 9.17) is 0 Å². The van der Waals surface area contributed by atoms with Gasteiger partial charge in [0.05, 0.1) is 17.8 Å². The summed E-state index contributed by atoms with van der Waals surface area (Å²) >= 11 is 0. The molecular weight excluding hydrogens is 214 g/mol. The van der Waals surface area contributed by atoms with Crippen LogP contribution < -0.4 is 5.32 Å². The molecule has 2 aliphatic rings. The topological polar surface area (TPSA) is 45.2 Å². The van der Waals surface area contributed by atoms with E-state index in [1.165, 1.54) is 12.8 Å². The largest absolute Gasteiger partial charge is 0.332 e. The number of amides is 1. The van der Waals surface area contributed by atoms with Crippen LogP contribution in [0, 0.1) is 5.92 Å². The van der Waals surface area contributed by atoms with Crippen LogP contribution in [0.15, 0.2) is 18.3 Å². The van der Waals surface area contributed by atoms with Gasteiger partial charge in [0, 0.05) is 12.7 Å². The Balaban J connectivity index is 1.69. The molecule has 0 aliphatic carbocycles. The van der Waals surface area contributed by atoms with Gasteiger partial charge in [-0.3, -0.25) is 9.78 Å². The van der Waals surface area contributed by atoms with E-state index in [0.29, 0.717) is 12.5 Å². The fourth-order valence-electron chi connectivity index (χ4n) is 2.71. The standard InChI is InChI=1S/C13H17N3O/c17-13-11-2-1-5-15-12(11)9-16(13)8-10-3-6-14-7-4-10/h1-2,5,10,14H,3-4,6-9H2. The van der Waals surface area contributed by atoms with Crippen molar-refractivity contribution >= 4 is 5.91 Å². The number of nitrogens with zero attached hydrogens (tertiary/aromatic N) is 2. The summed E-state index contributed by atoms with van der Waals surface area (Å²) in [5.74, 6) is 0.807. The third-order valence-corrected chi connectivity index (χ3v) is 3.69. The zero-order valence-electron chi connectivity index (χ0n) is 9.85. The molecule has 0 saturated carbocycles. The van der Waals surface area contributed by atoms with Crippen molar-refractivity contribution in [3.05, 3.63) is 29.6 Å². The number of piperidine rings is 1. The molecule has 4 nitrogen and oxygen atoms in total. The smallest absolute Gasteiger partial charge is 0.256 e. The van der Waals surface area contributed by atoms with Crippen molar-refractivity contribution in [3.8, 4) is 0 Å². The summed E-state index contributed by atoms with van der Waals surface area (Å²) < 4.78 is 0. The van der Waals surface area contributed by atoms with Crippen LogP contribution in [0.1, 0.15) is 28.9 Å². The maximum atomic E-state index is 12.1. The van der Waals surface area contributed by atoms with Gasteiger partial charge in [-0.05, 0) is 44.0 Å². The molecule has 0 spiro atoms. The fourth-order valence-corrected chi connectivity index (χ4v) is 2.71. The highest BCUT2D eigenvalue weighted by atomic mass is 16.2. The van der Waals surface area contributed by atoms with Crippen LogP contribution in [0.4, 0.5) is 0 Å². The van der Waals surface area contributed by atoms with E-state index in [1.54, 1.807) is 6.20 Å². The number of rotatable bonds is 2. The van der Waals surface area contributed by atoms with E-state index < -0.39 is 0 Å². The molecule has 2 aliphatic heterocycles. The Hall–Kier alpha value is -1.42. The lowest BCUT2D eigenvalue weighted by Crippen LogP contribution is -2.36. The summed E-state index contributed by atoms with van der Waals surface area (Å²) in [4.78, 5) is 18.4. The quantitative estimate of drug-likeness (QED) is 0.827. The normalized spacial score (nSPS) is 20.7. The average molecular weight is 231 g/mol.